The molecule has 4 rings (SSSR count). The average molecular weight is 500 g/mol. The fourth-order valence-electron chi connectivity index (χ4n) is 2.72. The number of aliphatic imine (C=N–C) groups is 1. The van der Waals surface area contributed by atoms with Gasteiger partial charge in [-0.05, 0) is 69.7 Å². The lowest BCUT2D eigenvalue weighted by Gasteiger charge is -2.08. The SMILES string of the molecule is O=C1NC(=Nc2ccccc2Br)SC1=Cc1ccc(OCc2ccccc2Cl)cc1. The summed E-state index contributed by atoms with van der Waals surface area (Å²) in [5.41, 5.74) is 2.60. The number of amidine groups is 1. The predicted octanol–water partition coefficient (Wildman–Crippen LogP) is 6.57. The van der Waals surface area contributed by atoms with Gasteiger partial charge in [0.1, 0.15) is 12.4 Å². The highest BCUT2D eigenvalue weighted by Gasteiger charge is 2.24. The third kappa shape index (κ3) is 5.14. The molecule has 0 bridgehead atoms. The Bertz CT molecular complexity index is 1150. The van der Waals surface area contributed by atoms with E-state index in [1.165, 1.54) is 11.8 Å². The fraction of sp³-hybridized carbons (Fsp3) is 0.0435. The van der Waals surface area contributed by atoms with Gasteiger partial charge in [0.2, 0.25) is 0 Å². The van der Waals surface area contributed by atoms with Crippen molar-refractivity contribution in [2.45, 2.75) is 6.61 Å². The molecule has 0 unspecified atom stereocenters. The van der Waals surface area contributed by atoms with Gasteiger partial charge < -0.3 is 10.1 Å². The van der Waals surface area contributed by atoms with E-state index in [2.05, 4.69) is 26.2 Å². The summed E-state index contributed by atoms with van der Waals surface area (Å²) in [6.07, 6.45) is 1.83. The number of nitrogens with one attached hydrogen (secondary N) is 1. The number of rotatable bonds is 5. The molecule has 1 fully saturated rings. The molecule has 1 amide bonds. The number of nitrogens with zero attached hydrogens (tertiary/aromatic N) is 1. The molecule has 4 nitrogen and oxygen atoms in total. The summed E-state index contributed by atoms with van der Waals surface area (Å²) >= 11 is 10.9. The average Bonchev–Trinajstić information content (AvgIpc) is 3.09. The maximum absolute atomic E-state index is 12.3. The van der Waals surface area contributed by atoms with Crippen molar-refractivity contribution >= 4 is 62.1 Å². The third-order valence-electron chi connectivity index (χ3n) is 4.26. The van der Waals surface area contributed by atoms with E-state index in [0.717, 1.165) is 27.0 Å². The van der Waals surface area contributed by atoms with Crippen LogP contribution in [0.2, 0.25) is 5.02 Å². The zero-order valence-corrected chi connectivity index (χ0v) is 18.8. The van der Waals surface area contributed by atoms with Crippen LogP contribution in [0.1, 0.15) is 11.1 Å². The number of ether oxygens (including phenoxy) is 1. The second kappa shape index (κ2) is 9.51. The van der Waals surface area contributed by atoms with Crippen molar-refractivity contribution in [2.24, 2.45) is 4.99 Å². The summed E-state index contributed by atoms with van der Waals surface area (Å²) in [7, 11) is 0. The van der Waals surface area contributed by atoms with E-state index >= 15 is 0 Å². The van der Waals surface area contributed by atoms with Gasteiger partial charge in [0, 0.05) is 15.1 Å². The quantitative estimate of drug-likeness (QED) is 0.404. The van der Waals surface area contributed by atoms with Gasteiger partial charge in [0.05, 0.1) is 10.6 Å². The maximum Gasteiger partial charge on any atom is 0.264 e. The number of thioether (sulfide) groups is 1. The molecular weight excluding hydrogens is 484 g/mol. The maximum atomic E-state index is 12.3. The molecular formula is C23H16BrClN2O2S. The van der Waals surface area contributed by atoms with Crippen molar-refractivity contribution in [1.29, 1.82) is 0 Å². The second-order valence-electron chi connectivity index (χ2n) is 6.38. The number of carbonyl (C=O) groups excluding carboxylic acids is 1. The first-order valence-electron chi connectivity index (χ1n) is 9.09. The van der Waals surface area contributed by atoms with E-state index in [0.29, 0.717) is 21.7 Å². The number of para-hydroxylation sites is 1. The van der Waals surface area contributed by atoms with Crippen LogP contribution in [0.15, 0.2) is 87.2 Å². The molecule has 0 atom stereocenters. The Morgan fingerprint density at radius 3 is 2.53 bits per heavy atom. The van der Waals surface area contributed by atoms with E-state index in [1.54, 1.807) is 0 Å². The number of halogens is 2. The minimum Gasteiger partial charge on any atom is -0.489 e. The lowest BCUT2D eigenvalue weighted by molar-refractivity contribution is -0.115. The Labute approximate surface area is 192 Å². The van der Waals surface area contributed by atoms with Crippen molar-refractivity contribution < 1.29 is 9.53 Å². The fourth-order valence-corrected chi connectivity index (χ4v) is 4.12. The van der Waals surface area contributed by atoms with E-state index in [1.807, 2.05) is 78.9 Å². The van der Waals surface area contributed by atoms with Crippen LogP contribution >= 0.6 is 39.3 Å². The lowest BCUT2D eigenvalue weighted by atomic mass is 10.2. The van der Waals surface area contributed by atoms with Crippen molar-refractivity contribution in [3.63, 3.8) is 0 Å². The highest BCUT2D eigenvalue weighted by atomic mass is 79.9. The minimum atomic E-state index is -0.162. The second-order valence-corrected chi connectivity index (χ2v) is 8.67. The summed E-state index contributed by atoms with van der Waals surface area (Å²) in [5, 5.41) is 4.04. The molecule has 0 spiro atoms. The van der Waals surface area contributed by atoms with Crippen LogP contribution in [0.5, 0.6) is 5.75 Å². The van der Waals surface area contributed by atoms with Gasteiger partial charge in [-0.2, -0.15) is 0 Å². The number of carbonyl (C=O) groups is 1. The first-order chi connectivity index (χ1) is 14.6. The van der Waals surface area contributed by atoms with Crippen molar-refractivity contribution in [3.8, 4) is 5.75 Å². The largest absolute Gasteiger partial charge is 0.489 e. The van der Waals surface area contributed by atoms with Gasteiger partial charge in [-0.1, -0.05) is 54.1 Å². The molecule has 3 aromatic rings. The van der Waals surface area contributed by atoms with Crippen LogP contribution < -0.4 is 10.1 Å². The standard InChI is InChI=1S/C23H16BrClN2O2S/c24-18-6-2-4-8-20(18)26-23-27-22(28)21(30-23)13-15-9-11-17(12-10-15)29-14-16-5-1-3-7-19(16)25/h1-13H,14H2,(H,26,27,28). The highest BCUT2D eigenvalue weighted by Crippen LogP contribution is 2.31. The monoisotopic (exact) mass is 498 g/mol. The van der Waals surface area contributed by atoms with Crippen LogP contribution in [0.25, 0.3) is 6.08 Å². The molecule has 3 aromatic carbocycles. The van der Waals surface area contributed by atoms with Crippen molar-refractivity contribution in [3.05, 3.63) is 98.3 Å². The molecule has 7 heteroatoms. The third-order valence-corrected chi connectivity index (χ3v) is 6.20. The zero-order chi connectivity index (χ0) is 20.9. The molecule has 0 aromatic heterocycles. The molecule has 1 saturated heterocycles. The molecule has 150 valence electrons. The summed E-state index contributed by atoms with van der Waals surface area (Å²) in [6, 6.07) is 22.8. The van der Waals surface area contributed by atoms with Gasteiger partial charge in [0.15, 0.2) is 5.17 Å². The van der Waals surface area contributed by atoms with E-state index < -0.39 is 0 Å². The predicted molar refractivity (Wildman–Crippen MR) is 127 cm³/mol. The van der Waals surface area contributed by atoms with Crippen molar-refractivity contribution in [2.75, 3.05) is 0 Å². The molecule has 1 aliphatic rings. The van der Waals surface area contributed by atoms with Gasteiger partial charge >= 0.3 is 0 Å². The van der Waals surface area contributed by atoms with E-state index in [4.69, 9.17) is 16.3 Å². The minimum absolute atomic E-state index is 0.162. The zero-order valence-electron chi connectivity index (χ0n) is 15.6. The highest BCUT2D eigenvalue weighted by molar-refractivity contribution is 9.10. The van der Waals surface area contributed by atoms with Crippen LogP contribution in [0, 0.1) is 0 Å². The Kier molecular flexibility index (Phi) is 6.57. The topological polar surface area (TPSA) is 50.7 Å². The number of hydrogen-bond acceptors (Lipinski definition) is 4. The van der Waals surface area contributed by atoms with E-state index in [-0.39, 0.29) is 5.91 Å². The van der Waals surface area contributed by atoms with Crippen LogP contribution in [-0.4, -0.2) is 11.1 Å². The molecule has 1 N–H and O–H groups in total. The van der Waals surface area contributed by atoms with E-state index in [9.17, 15) is 4.79 Å². The van der Waals surface area contributed by atoms with Crippen LogP contribution in [-0.2, 0) is 11.4 Å². The molecule has 0 radical (unpaired) electrons. The van der Waals surface area contributed by atoms with Gasteiger partial charge in [-0.25, -0.2) is 4.99 Å². The van der Waals surface area contributed by atoms with Crippen molar-refractivity contribution in [1.82, 2.24) is 5.32 Å². The first-order valence-corrected chi connectivity index (χ1v) is 11.1. The van der Waals surface area contributed by atoms with Gasteiger partial charge in [-0.3, -0.25) is 4.79 Å². The summed E-state index contributed by atoms with van der Waals surface area (Å²) in [5.74, 6) is 0.571. The summed E-state index contributed by atoms with van der Waals surface area (Å²) in [6.45, 7) is 0.396. The Morgan fingerprint density at radius 1 is 1.03 bits per heavy atom. The normalized spacial score (nSPS) is 16.1. The molecule has 30 heavy (non-hydrogen) atoms. The Balaban J connectivity index is 1.43. The molecule has 1 heterocycles. The Morgan fingerprint density at radius 2 is 1.77 bits per heavy atom. The van der Waals surface area contributed by atoms with Crippen LogP contribution in [0.4, 0.5) is 5.69 Å². The van der Waals surface area contributed by atoms with Gasteiger partial charge in [-0.15, -0.1) is 0 Å². The van der Waals surface area contributed by atoms with Gasteiger partial charge in [0.25, 0.3) is 5.91 Å². The molecule has 0 aliphatic carbocycles. The molecule has 0 saturated carbocycles. The smallest absolute Gasteiger partial charge is 0.264 e. The number of amides is 1. The lowest BCUT2D eigenvalue weighted by Crippen LogP contribution is -2.19. The number of hydrogen-bond donors (Lipinski definition) is 1. The first kappa shape index (κ1) is 20.7. The molecule has 1 aliphatic heterocycles. The Hall–Kier alpha value is -2.54. The summed E-state index contributed by atoms with van der Waals surface area (Å²) in [4.78, 5) is 17.4. The summed E-state index contributed by atoms with van der Waals surface area (Å²) < 4.78 is 6.67. The number of benzene rings is 3. The van der Waals surface area contributed by atoms with Crippen LogP contribution in [0.3, 0.4) is 0 Å².